The fourth-order valence-corrected chi connectivity index (χ4v) is 2.59. The summed E-state index contributed by atoms with van der Waals surface area (Å²) in [5.74, 6) is 0.767. The van der Waals surface area contributed by atoms with Crippen molar-refractivity contribution in [2.45, 2.75) is 0 Å². The Morgan fingerprint density at radius 1 is 0.870 bits per heavy atom. The van der Waals surface area contributed by atoms with Gasteiger partial charge < -0.3 is 4.74 Å². The van der Waals surface area contributed by atoms with Crippen LogP contribution >= 0.6 is 11.6 Å². The van der Waals surface area contributed by atoms with E-state index in [1.54, 1.807) is 31.4 Å². The maximum atomic E-state index is 12.8. The first-order valence-electron chi connectivity index (χ1n) is 7.23. The lowest BCUT2D eigenvalue weighted by Crippen LogP contribution is -2.03. The van der Waals surface area contributed by atoms with E-state index in [4.69, 9.17) is 16.3 Å². The van der Waals surface area contributed by atoms with Gasteiger partial charge in [-0.05, 0) is 47.5 Å². The smallest absolute Gasteiger partial charge is 0.193 e. The molecule has 0 aromatic heterocycles. The van der Waals surface area contributed by atoms with Crippen molar-refractivity contribution in [3.8, 4) is 16.9 Å². The van der Waals surface area contributed by atoms with Crippen LogP contribution in [-0.2, 0) is 0 Å². The van der Waals surface area contributed by atoms with Crippen LogP contribution in [-0.4, -0.2) is 12.9 Å². The zero-order valence-electron chi connectivity index (χ0n) is 12.6. The predicted octanol–water partition coefficient (Wildman–Crippen LogP) is 5.25. The second-order valence-corrected chi connectivity index (χ2v) is 5.55. The lowest BCUT2D eigenvalue weighted by atomic mass is 9.94. The van der Waals surface area contributed by atoms with Crippen molar-refractivity contribution in [2.75, 3.05) is 7.11 Å². The van der Waals surface area contributed by atoms with Gasteiger partial charge >= 0.3 is 0 Å². The maximum absolute atomic E-state index is 12.8. The summed E-state index contributed by atoms with van der Waals surface area (Å²) in [5.41, 5.74) is 3.16. The van der Waals surface area contributed by atoms with Gasteiger partial charge in [0.2, 0.25) is 0 Å². The van der Waals surface area contributed by atoms with Crippen LogP contribution in [0.15, 0.2) is 72.8 Å². The molecule has 0 heterocycles. The minimum atomic E-state index is -0.0203. The zero-order chi connectivity index (χ0) is 16.2. The molecule has 23 heavy (non-hydrogen) atoms. The molecule has 0 amide bonds. The van der Waals surface area contributed by atoms with Gasteiger partial charge in [-0.15, -0.1) is 0 Å². The summed E-state index contributed by atoms with van der Waals surface area (Å²) in [5, 5.41) is 0.616. The fourth-order valence-electron chi connectivity index (χ4n) is 2.46. The Bertz CT molecular complexity index is 821. The van der Waals surface area contributed by atoms with Crippen molar-refractivity contribution >= 4 is 17.4 Å². The highest BCUT2D eigenvalue weighted by atomic mass is 35.5. The van der Waals surface area contributed by atoms with E-state index in [2.05, 4.69) is 0 Å². The van der Waals surface area contributed by atoms with E-state index in [1.807, 2.05) is 48.5 Å². The van der Waals surface area contributed by atoms with Gasteiger partial charge in [0.1, 0.15) is 5.75 Å². The monoisotopic (exact) mass is 322 g/mol. The lowest BCUT2D eigenvalue weighted by molar-refractivity contribution is 0.103. The number of carbonyl (C=O) groups is 1. The Labute approximate surface area is 140 Å². The van der Waals surface area contributed by atoms with Crippen LogP contribution in [0.5, 0.6) is 5.75 Å². The second-order valence-electron chi connectivity index (χ2n) is 5.11. The van der Waals surface area contributed by atoms with E-state index < -0.39 is 0 Å². The Morgan fingerprint density at radius 3 is 2.17 bits per heavy atom. The first kappa shape index (κ1) is 15.3. The summed E-state index contributed by atoms with van der Waals surface area (Å²) in [4.78, 5) is 12.8. The molecule has 0 radical (unpaired) electrons. The quantitative estimate of drug-likeness (QED) is 0.613. The van der Waals surface area contributed by atoms with Crippen LogP contribution in [0, 0.1) is 0 Å². The number of rotatable bonds is 4. The van der Waals surface area contributed by atoms with E-state index in [-0.39, 0.29) is 5.78 Å². The third kappa shape index (κ3) is 3.27. The highest BCUT2D eigenvalue weighted by Crippen LogP contribution is 2.27. The Morgan fingerprint density at radius 2 is 1.52 bits per heavy atom. The predicted molar refractivity (Wildman–Crippen MR) is 93.3 cm³/mol. The SMILES string of the molecule is COc1ccc(-c2ccccc2C(=O)c2ccc(Cl)cc2)cc1. The molecule has 0 aliphatic carbocycles. The first-order valence-corrected chi connectivity index (χ1v) is 7.60. The molecule has 0 atom stereocenters. The zero-order valence-corrected chi connectivity index (χ0v) is 13.4. The van der Waals surface area contributed by atoms with E-state index >= 15 is 0 Å². The van der Waals surface area contributed by atoms with Gasteiger partial charge in [-0.2, -0.15) is 0 Å². The third-order valence-electron chi connectivity index (χ3n) is 3.68. The largest absolute Gasteiger partial charge is 0.497 e. The van der Waals surface area contributed by atoms with Gasteiger partial charge in [-0.25, -0.2) is 0 Å². The highest BCUT2D eigenvalue weighted by molar-refractivity contribution is 6.30. The molecular weight excluding hydrogens is 308 g/mol. The van der Waals surface area contributed by atoms with Gasteiger partial charge in [-0.1, -0.05) is 48.0 Å². The van der Waals surface area contributed by atoms with Crippen LogP contribution in [0.3, 0.4) is 0 Å². The molecule has 2 nitrogen and oxygen atoms in total. The molecule has 0 saturated carbocycles. The van der Waals surface area contributed by atoms with Crippen LogP contribution in [0.25, 0.3) is 11.1 Å². The standard InChI is InChI=1S/C20H15ClO2/c1-23-17-12-8-14(9-13-17)18-4-2-3-5-19(18)20(22)15-6-10-16(21)11-7-15/h2-13H,1H3. The van der Waals surface area contributed by atoms with E-state index in [0.717, 1.165) is 16.9 Å². The molecule has 0 aliphatic rings. The number of hydrogen-bond acceptors (Lipinski definition) is 2. The van der Waals surface area contributed by atoms with Gasteiger partial charge in [0.15, 0.2) is 5.78 Å². The molecule has 114 valence electrons. The molecule has 3 aromatic carbocycles. The summed E-state index contributed by atoms with van der Waals surface area (Å²) in [7, 11) is 1.63. The van der Waals surface area contributed by atoms with Crippen LogP contribution in [0.4, 0.5) is 0 Å². The highest BCUT2D eigenvalue weighted by Gasteiger charge is 2.14. The number of carbonyl (C=O) groups excluding carboxylic acids is 1. The topological polar surface area (TPSA) is 26.3 Å². The Hall–Kier alpha value is -2.58. The molecule has 0 spiro atoms. The van der Waals surface area contributed by atoms with E-state index in [1.165, 1.54) is 0 Å². The maximum Gasteiger partial charge on any atom is 0.193 e. The second kappa shape index (κ2) is 6.67. The van der Waals surface area contributed by atoms with Crippen molar-refractivity contribution in [3.05, 3.63) is 88.9 Å². The van der Waals surface area contributed by atoms with Crippen molar-refractivity contribution in [1.82, 2.24) is 0 Å². The van der Waals surface area contributed by atoms with Crippen LogP contribution < -0.4 is 4.74 Å². The minimum absolute atomic E-state index is 0.0203. The van der Waals surface area contributed by atoms with Crippen molar-refractivity contribution in [1.29, 1.82) is 0 Å². The number of halogens is 1. The molecular formula is C20H15ClO2. The molecule has 3 rings (SSSR count). The average molecular weight is 323 g/mol. The molecule has 3 heteroatoms. The number of ether oxygens (including phenoxy) is 1. The van der Waals surface area contributed by atoms with Crippen molar-refractivity contribution in [2.24, 2.45) is 0 Å². The summed E-state index contributed by atoms with van der Waals surface area (Å²) in [6.45, 7) is 0. The molecule has 0 saturated heterocycles. The van der Waals surface area contributed by atoms with Crippen molar-refractivity contribution in [3.63, 3.8) is 0 Å². The van der Waals surface area contributed by atoms with E-state index in [9.17, 15) is 4.79 Å². The normalized spacial score (nSPS) is 10.3. The summed E-state index contributed by atoms with van der Waals surface area (Å²) >= 11 is 5.89. The lowest BCUT2D eigenvalue weighted by Gasteiger charge is -2.10. The third-order valence-corrected chi connectivity index (χ3v) is 3.93. The Balaban J connectivity index is 2.03. The number of ketones is 1. The minimum Gasteiger partial charge on any atom is -0.497 e. The van der Waals surface area contributed by atoms with E-state index in [0.29, 0.717) is 16.1 Å². The molecule has 0 bridgehead atoms. The van der Waals surface area contributed by atoms with Gasteiger partial charge in [0.05, 0.1) is 7.11 Å². The fraction of sp³-hybridized carbons (Fsp3) is 0.0500. The summed E-state index contributed by atoms with van der Waals surface area (Å²) < 4.78 is 5.18. The van der Waals surface area contributed by atoms with Crippen LogP contribution in [0.1, 0.15) is 15.9 Å². The summed E-state index contributed by atoms with van der Waals surface area (Å²) in [6.07, 6.45) is 0. The first-order chi connectivity index (χ1) is 11.2. The molecule has 3 aromatic rings. The number of hydrogen-bond donors (Lipinski definition) is 0. The van der Waals surface area contributed by atoms with Crippen molar-refractivity contribution < 1.29 is 9.53 Å². The molecule has 0 N–H and O–H groups in total. The molecule has 0 fully saturated rings. The van der Waals surface area contributed by atoms with Crippen LogP contribution in [0.2, 0.25) is 5.02 Å². The molecule has 0 aliphatic heterocycles. The average Bonchev–Trinajstić information content (AvgIpc) is 2.62. The summed E-state index contributed by atoms with van der Waals surface area (Å²) in [6, 6.07) is 22.2. The number of benzene rings is 3. The van der Waals surface area contributed by atoms with Gasteiger partial charge in [0.25, 0.3) is 0 Å². The Kier molecular flexibility index (Phi) is 4.45. The van der Waals surface area contributed by atoms with Gasteiger partial charge in [-0.3, -0.25) is 4.79 Å². The molecule has 0 unspecified atom stereocenters. The number of methoxy groups -OCH3 is 1. The van der Waals surface area contributed by atoms with Gasteiger partial charge in [0, 0.05) is 16.1 Å².